The van der Waals surface area contributed by atoms with Gasteiger partial charge < -0.3 is 15.2 Å². The van der Waals surface area contributed by atoms with Gasteiger partial charge >= 0.3 is 0 Å². The molecule has 17 heavy (non-hydrogen) atoms. The minimum atomic E-state index is 0.532. The normalized spacial score (nSPS) is 16.4. The molecule has 0 radical (unpaired) electrons. The fourth-order valence-electron chi connectivity index (χ4n) is 1.74. The van der Waals surface area contributed by atoms with E-state index in [2.05, 4.69) is 19.1 Å². The molecule has 0 spiro atoms. The summed E-state index contributed by atoms with van der Waals surface area (Å²) in [4.78, 5) is 1.22. The third kappa shape index (κ3) is 3.54. The minimum Gasteiger partial charge on any atom is -0.490 e. The van der Waals surface area contributed by atoms with E-state index in [1.165, 1.54) is 4.90 Å². The summed E-state index contributed by atoms with van der Waals surface area (Å²) in [5.41, 5.74) is 5.56. The van der Waals surface area contributed by atoms with E-state index >= 15 is 0 Å². The van der Waals surface area contributed by atoms with Crippen molar-refractivity contribution < 1.29 is 9.47 Å². The molecule has 0 saturated heterocycles. The molecular formula is C13H19NO2S. The third-order valence-electron chi connectivity index (χ3n) is 2.63. The van der Waals surface area contributed by atoms with Crippen molar-refractivity contribution in [2.24, 2.45) is 5.73 Å². The molecule has 94 valence electrons. The topological polar surface area (TPSA) is 44.5 Å². The number of benzene rings is 1. The molecule has 2 rings (SSSR count). The quantitative estimate of drug-likeness (QED) is 0.838. The van der Waals surface area contributed by atoms with Crippen molar-refractivity contribution in [3.05, 3.63) is 18.2 Å². The first-order valence-corrected chi connectivity index (χ1v) is 6.94. The summed E-state index contributed by atoms with van der Waals surface area (Å²) >= 11 is 1.83. The van der Waals surface area contributed by atoms with Crippen LogP contribution in [0.5, 0.6) is 11.5 Å². The highest BCUT2D eigenvalue weighted by molar-refractivity contribution is 7.99. The molecule has 2 N–H and O–H groups in total. The van der Waals surface area contributed by atoms with Crippen LogP contribution < -0.4 is 15.2 Å². The zero-order valence-electron chi connectivity index (χ0n) is 10.1. The Morgan fingerprint density at radius 1 is 1.29 bits per heavy atom. The molecule has 3 nitrogen and oxygen atoms in total. The van der Waals surface area contributed by atoms with Crippen molar-refractivity contribution in [1.82, 2.24) is 0 Å². The number of hydrogen-bond donors (Lipinski definition) is 1. The van der Waals surface area contributed by atoms with E-state index in [1.54, 1.807) is 0 Å². The monoisotopic (exact) mass is 253 g/mol. The van der Waals surface area contributed by atoms with Crippen molar-refractivity contribution in [2.45, 2.75) is 29.9 Å². The molecule has 1 unspecified atom stereocenters. The maximum absolute atomic E-state index is 5.67. The van der Waals surface area contributed by atoms with Crippen molar-refractivity contribution in [2.75, 3.05) is 19.8 Å². The van der Waals surface area contributed by atoms with Crippen LogP contribution in [0.25, 0.3) is 0 Å². The lowest BCUT2D eigenvalue weighted by molar-refractivity contribution is 0.297. The van der Waals surface area contributed by atoms with Gasteiger partial charge in [0.1, 0.15) is 0 Å². The standard InChI is InChI=1S/C13H19NO2S/c1-10(5-6-14)17-11-3-4-12-13(9-11)16-8-2-7-15-12/h3-4,9-10H,2,5-8,14H2,1H3. The second-order valence-electron chi connectivity index (χ2n) is 4.16. The van der Waals surface area contributed by atoms with Gasteiger partial charge in [-0.15, -0.1) is 11.8 Å². The molecule has 0 aliphatic carbocycles. The van der Waals surface area contributed by atoms with E-state index in [0.717, 1.165) is 44.1 Å². The Kier molecular flexibility index (Phi) is 4.57. The Hall–Kier alpha value is -0.870. The van der Waals surface area contributed by atoms with E-state index in [9.17, 15) is 0 Å². The van der Waals surface area contributed by atoms with Crippen LogP contribution in [0.1, 0.15) is 19.8 Å². The third-order valence-corrected chi connectivity index (χ3v) is 3.79. The summed E-state index contributed by atoms with van der Waals surface area (Å²) in [5, 5.41) is 0.532. The van der Waals surface area contributed by atoms with Crippen LogP contribution in [0.4, 0.5) is 0 Å². The highest BCUT2D eigenvalue weighted by Gasteiger charge is 2.12. The van der Waals surface area contributed by atoms with Gasteiger partial charge in [-0.25, -0.2) is 0 Å². The summed E-state index contributed by atoms with van der Waals surface area (Å²) in [6.45, 7) is 4.40. The van der Waals surface area contributed by atoms with E-state index < -0.39 is 0 Å². The van der Waals surface area contributed by atoms with Crippen LogP contribution >= 0.6 is 11.8 Å². The highest BCUT2D eigenvalue weighted by Crippen LogP contribution is 2.35. The van der Waals surface area contributed by atoms with E-state index in [1.807, 2.05) is 17.8 Å². The maximum atomic E-state index is 5.67. The fourth-order valence-corrected chi connectivity index (χ4v) is 2.78. The van der Waals surface area contributed by atoms with Crippen LogP contribution in [0.15, 0.2) is 23.1 Å². The number of thioether (sulfide) groups is 1. The summed E-state index contributed by atoms with van der Waals surface area (Å²) in [5.74, 6) is 1.73. The summed E-state index contributed by atoms with van der Waals surface area (Å²) < 4.78 is 11.3. The van der Waals surface area contributed by atoms with Crippen LogP contribution in [0, 0.1) is 0 Å². The van der Waals surface area contributed by atoms with E-state index in [0.29, 0.717) is 5.25 Å². The Balaban J connectivity index is 2.07. The number of rotatable bonds is 4. The molecule has 0 aromatic heterocycles. The van der Waals surface area contributed by atoms with Crippen LogP contribution in [-0.4, -0.2) is 25.0 Å². The maximum Gasteiger partial charge on any atom is 0.162 e. The Morgan fingerprint density at radius 2 is 2.06 bits per heavy atom. The van der Waals surface area contributed by atoms with Crippen molar-refractivity contribution >= 4 is 11.8 Å². The van der Waals surface area contributed by atoms with Crippen molar-refractivity contribution in [3.63, 3.8) is 0 Å². The molecule has 0 fully saturated rings. The largest absolute Gasteiger partial charge is 0.490 e. The number of ether oxygens (including phenoxy) is 2. The lowest BCUT2D eigenvalue weighted by atomic mass is 10.3. The zero-order valence-corrected chi connectivity index (χ0v) is 11.0. The van der Waals surface area contributed by atoms with Gasteiger partial charge in [-0.05, 0) is 31.2 Å². The first kappa shape index (κ1) is 12.6. The zero-order chi connectivity index (χ0) is 12.1. The van der Waals surface area contributed by atoms with E-state index in [-0.39, 0.29) is 0 Å². The van der Waals surface area contributed by atoms with Gasteiger partial charge in [0.2, 0.25) is 0 Å². The molecule has 0 bridgehead atoms. The SMILES string of the molecule is CC(CCN)Sc1ccc2c(c1)OCCCO2. The molecule has 1 aliphatic rings. The van der Waals surface area contributed by atoms with Gasteiger partial charge in [0, 0.05) is 16.6 Å². The molecule has 1 atom stereocenters. The first-order valence-electron chi connectivity index (χ1n) is 6.06. The van der Waals surface area contributed by atoms with E-state index in [4.69, 9.17) is 15.2 Å². The molecule has 1 aliphatic heterocycles. The van der Waals surface area contributed by atoms with Gasteiger partial charge in [0.25, 0.3) is 0 Å². The molecule has 0 amide bonds. The van der Waals surface area contributed by atoms with Crippen LogP contribution in [-0.2, 0) is 0 Å². The fraction of sp³-hybridized carbons (Fsp3) is 0.538. The molecule has 1 aromatic rings. The molecular weight excluding hydrogens is 234 g/mol. The lowest BCUT2D eigenvalue weighted by Crippen LogP contribution is -2.06. The second-order valence-corrected chi connectivity index (χ2v) is 5.68. The molecule has 1 heterocycles. The Morgan fingerprint density at radius 3 is 2.82 bits per heavy atom. The van der Waals surface area contributed by atoms with Gasteiger partial charge in [-0.3, -0.25) is 0 Å². The molecule has 0 saturated carbocycles. The number of hydrogen-bond acceptors (Lipinski definition) is 4. The highest BCUT2D eigenvalue weighted by atomic mass is 32.2. The second kappa shape index (κ2) is 6.17. The van der Waals surface area contributed by atoms with Crippen molar-refractivity contribution in [1.29, 1.82) is 0 Å². The summed E-state index contributed by atoms with van der Waals surface area (Å²) in [7, 11) is 0. The predicted molar refractivity (Wildman–Crippen MR) is 71.0 cm³/mol. The number of nitrogens with two attached hydrogens (primary N) is 1. The van der Waals surface area contributed by atoms with Crippen molar-refractivity contribution in [3.8, 4) is 11.5 Å². The Bertz CT molecular complexity index is 370. The summed E-state index contributed by atoms with van der Waals surface area (Å²) in [6, 6.07) is 6.15. The van der Waals surface area contributed by atoms with Gasteiger partial charge in [-0.2, -0.15) is 0 Å². The van der Waals surface area contributed by atoms with Crippen LogP contribution in [0.2, 0.25) is 0 Å². The summed E-state index contributed by atoms with van der Waals surface area (Å²) in [6.07, 6.45) is 1.97. The van der Waals surface area contributed by atoms with Gasteiger partial charge in [0.15, 0.2) is 11.5 Å². The molecule has 1 aromatic carbocycles. The molecule has 4 heteroatoms. The average Bonchev–Trinajstić information content (AvgIpc) is 2.53. The minimum absolute atomic E-state index is 0.532. The average molecular weight is 253 g/mol. The Labute approximate surface area is 107 Å². The first-order chi connectivity index (χ1) is 8.29. The lowest BCUT2D eigenvalue weighted by Gasteiger charge is -2.12. The van der Waals surface area contributed by atoms with Gasteiger partial charge in [-0.1, -0.05) is 6.92 Å². The number of fused-ring (bicyclic) bond motifs is 1. The van der Waals surface area contributed by atoms with Crippen LogP contribution in [0.3, 0.4) is 0 Å². The predicted octanol–water partition coefficient (Wildman–Crippen LogP) is 2.68. The smallest absolute Gasteiger partial charge is 0.162 e. The van der Waals surface area contributed by atoms with Gasteiger partial charge in [0.05, 0.1) is 13.2 Å².